The van der Waals surface area contributed by atoms with E-state index in [2.05, 4.69) is 25.3 Å². The molecule has 2 aromatic heterocycles. The van der Waals surface area contributed by atoms with Crippen LogP contribution < -0.4 is 5.32 Å². The van der Waals surface area contributed by atoms with Gasteiger partial charge in [-0.15, -0.1) is 0 Å². The standard InChI is InChI=1S/C14H14FN5O/c15-10-4-2-9(3-5-10)11-12-13(18-8-17-12)20-14(19-11)16-6-1-7-21/h2-5,8,21H,1,6-7H2,(H2,16,17,18,19,20). The van der Waals surface area contributed by atoms with Crippen LogP contribution >= 0.6 is 0 Å². The Hall–Kier alpha value is -2.54. The number of anilines is 1. The van der Waals surface area contributed by atoms with E-state index in [0.717, 1.165) is 5.56 Å². The van der Waals surface area contributed by atoms with Crippen LogP contribution in [0.4, 0.5) is 10.3 Å². The van der Waals surface area contributed by atoms with Gasteiger partial charge in [-0.05, 0) is 30.7 Å². The Kier molecular flexibility index (Phi) is 3.74. The van der Waals surface area contributed by atoms with Gasteiger partial charge in [0.25, 0.3) is 0 Å². The summed E-state index contributed by atoms with van der Waals surface area (Å²) in [7, 11) is 0. The molecule has 0 aliphatic carbocycles. The van der Waals surface area contributed by atoms with Crippen LogP contribution in [0, 0.1) is 5.82 Å². The summed E-state index contributed by atoms with van der Waals surface area (Å²) < 4.78 is 13.1. The summed E-state index contributed by atoms with van der Waals surface area (Å²) in [6.45, 7) is 0.664. The molecule has 7 heteroatoms. The zero-order valence-corrected chi connectivity index (χ0v) is 11.2. The van der Waals surface area contributed by atoms with E-state index in [4.69, 9.17) is 5.11 Å². The largest absolute Gasteiger partial charge is 0.396 e. The van der Waals surface area contributed by atoms with Crippen LogP contribution in [-0.2, 0) is 0 Å². The lowest BCUT2D eigenvalue weighted by Crippen LogP contribution is -2.07. The van der Waals surface area contributed by atoms with Crippen LogP contribution in [-0.4, -0.2) is 38.2 Å². The Morgan fingerprint density at radius 2 is 2.00 bits per heavy atom. The number of hydrogen-bond donors (Lipinski definition) is 3. The maximum absolute atomic E-state index is 13.1. The van der Waals surface area contributed by atoms with Crippen molar-refractivity contribution in [3.63, 3.8) is 0 Å². The highest BCUT2D eigenvalue weighted by Gasteiger charge is 2.11. The van der Waals surface area contributed by atoms with Gasteiger partial charge in [0, 0.05) is 18.7 Å². The molecule has 0 spiro atoms. The second-order valence-corrected chi connectivity index (χ2v) is 4.51. The molecular weight excluding hydrogens is 273 g/mol. The molecule has 0 unspecified atom stereocenters. The lowest BCUT2D eigenvalue weighted by Gasteiger charge is -2.07. The highest BCUT2D eigenvalue weighted by atomic mass is 19.1. The molecule has 108 valence electrons. The minimum absolute atomic E-state index is 0.0997. The summed E-state index contributed by atoms with van der Waals surface area (Å²) in [5.41, 5.74) is 2.67. The Labute approximate surface area is 120 Å². The summed E-state index contributed by atoms with van der Waals surface area (Å²) in [6.07, 6.45) is 2.15. The summed E-state index contributed by atoms with van der Waals surface area (Å²) in [5, 5.41) is 11.8. The van der Waals surface area contributed by atoms with Gasteiger partial charge in [-0.2, -0.15) is 4.98 Å². The van der Waals surface area contributed by atoms with Crippen LogP contribution in [0.25, 0.3) is 22.4 Å². The molecule has 1 aromatic carbocycles. The van der Waals surface area contributed by atoms with Gasteiger partial charge in [0.15, 0.2) is 5.65 Å². The lowest BCUT2D eigenvalue weighted by molar-refractivity contribution is 0.292. The molecule has 0 radical (unpaired) electrons. The number of aliphatic hydroxyl groups excluding tert-OH is 1. The van der Waals surface area contributed by atoms with Crippen molar-refractivity contribution in [3.05, 3.63) is 36.4 Å². The third-order valence-electron chi connectivity index (χ3n) is 3.02. The van der Waals surface area contributed by atoms with Gasteiger partial charge >= 0.3 is 0 Å². The van der Waals surface area contributed by atoms with Crippen molar-refractivity contribution < 1.29 is 9.50 Å². The number of aromatic amines is 1. The average molecular weight is 287 g/mol. The molecule has 0 aliphatic heterocycles. The Bertz CT molecular complexity index is 741. The van der Waals surface area contributed by atoms with E-state index in [1.807, 2.05) is 0 Å². The van der Waals surface area contributed by atoms with Crippen molar-refractivity contribution in [2.45, 2.75) is 6.42 Å². The monoisotopic (exact) mass is 287 g/mol. The van der Waals surface area contributed by atoms with Crippen molar-refractivity contribution in [3.8, 4) is 11.3 Å². The molecule has 0 saturated heterocycles. The number of benzene rings is 1. The summed E-state index contributed by atoms with van der Waals surface area (Å²) in [4.78, 5) is 15.9. The third kappa shape index (κ3) is 2.82. The van der Waals surface area contributed by atoms with Crippen LogP contribution in [0.3, 0.4) is 0 Å². The van der Waals surface area contributed by atoms with Crippen LogP contribution in [0.5, 0.6) is 0 Å². The second kappa shape index (κ2) is 5.84. The van der Waals surface area contributed by atoms with Crippen molar-refractivity contribution in [1.29, 1.82) is 0 Å². The molecule has 0 fully saturated rings. The smallest absolute Gasteiger partial charge is 0.225 e. The molecule has 3 N–H and O–H groups in total. The molecule has 21 heavy (non-hydrogen) atoms. The van der Waals surface area contributed by atoms with Gasteiger partial charge in [0.2, 0.25) is 5.95 Å². The first-order valence-corrected chi connectivity index (χ1v) is 6.60. The fraction of sp³-hybridized carbons (Fsp3) is 0.214. The first kappa shape index (κ1) is 13.4. The normalized spacial score (nSPS) is 11.0. The molecule has 6 nitrogen and oxygen atoms in total. The fourth-order valence-corrected chi connectivity index (χ4v) is 2.01. The van der Waals surface area contributed by atoms with Crippen molar-refractivity contribution in [1.82, 2.24) is 19.9 Å². The van der Waals surface area contributed by atoms with Crippen LogP contribution in [0.2, 0.25) is 0 Å². The second-order valence-electron chi connectivity index (χ2n) is 4.51. The Balaban J connectivity index is 2.02. The predicted octanol–water partition coefficient (Wildman–Crippen LogP) is 1.95. The fourth-order valence-electron chi connectivity index (χ4n) is 2.01. The SMILES string of the molecule is OCCCNc1nc(-c2ccc(F)cc2)c2[nH]cnc2n1. The quantitative estimate of drug-likeness (QED) is 0.624. The van der Waals surface area contributed by atoms with E-state index < -0.39 is 0 Å². The number of aliphatic hydroxyl groups is 1. The number of aromatic nitrogens is 4. The topological polar surface area (TPSA) is 86.7 Å². The highest BCUT2D eigenvalue weighted by Crippen LogP contribution is 2.25. The van der Waals surface area contributed by atoms with Crippen LogP contribution in [0.15, 0.2) is 30.6 Å². The molecule has 0 amide bonds. The number of nitrogens with zero attached hydrogens (tertiary/aromatic N) is 3. The first-order chi connectivity index (χ1) is 10.3. The van der Waals surface area contributed by atoms with Gasteiger partial charge in [0.1, 0.15) is 17.0 Å². The third-order valence-corrected chi connectivity index (χ3v) is 3.02. The summed E-state index contributed by atoms with van der Waals surface area (Å²) in [6, 6.07) is 6.10. The lowest BCUT2D eigenvalue weighted by atomic mass is 10.1. The predicted molar refractivity (Wildman–Crippen MR) is 77.3 cm³/mol. The summed E-state index contributed by atoms with van der Waals surface area (Å²) >= 11 is 0. The number of H-pyrrole nitrogens is 1. The van der Waals surface area contributed by atoms with E-state index in [1.54, 1.807) is 18.5 Å². The van der Waals surface area contributed by atoms with Crippen LogP contribution in [0.1, 0.15) is 6.42 Å². The van der Waals surface area contributed by atoms with E-state index in [0.29, 0.717) is 35.8 Å². The molecule has 0 saturated carbocycles. The van der Waals surface area contributed by atoms with E-state index in [-0.39, 0.29) is 12.4 Å². The van der Waals surface area contributed by atoms with Gasteiger partial charge < -0.3 is 15.4 Å². The van der Waals surface area contributed by atoms with E-state index in [1.165, 1.54) is 12.1 Å². The minimum atomic E-state index is -0.296. The number of nitrogens with one attached hydrogen (secondary N) is 2. The molecule has 2 heterocycles. The van der Waals surface area contributed by atoms with Crippen molar-refractivity contribution >= 4 is 17.1 Å². The zero-order valence-electron chi connectivity index (χ0n) is 11.2. The summed E-state index contributed by atoms with van der Waals surface area (Å²) in [5.74, 6) is 0.136. The molecule has 0 atom stereocenters. The minimum Gasteiger partial charge on any atom is -0.396 e. The van der Waals surface area contributed by atoms with E-state index >= 15 is 0 Å². The number of imidazole rings is 1. The molecule has 3 rings (SSSR count). The highest BCUT2D eigenvalue weighted by molar-refractivity contribution is 5.87. The number of halogens is 1. The first-order valence-electron chi connectivity index (χ1n) is 6.60. The van der Waals surface area contributed by atoms with Crippen molar-refractivity contribution in [2.24, 2.45) is 0 Å². The maximum Gasteiger partial charge on any atom is 0.225 e. The van der Waals surface area contributed by atoms with Gasteiger partial charge in [-0.1, -0.05) is 0 Å². The number of hydrogen-bond acceptors (Lipinski definition) is 5. The zero-order chi connectivity index (χ0) is 14.7. The molecular formula is C14H14FN5O. The van der Waals surface area contributed by atoms with Gasteiger partial charge in [-0.3, -0.25) is 0 Å². The number of fused-ring (bicyclic) bond motifs is 1. The maximum atomic E-state index is 13.1. The average Bonchev–Trinajstić information content (AvgIpc) is 2.96. The number of rotatable bonds is 5. The molecule has 0 aliphatic rings. The molecule has 0 bridgehead atoms. The van der Waals surface area contributed by atoms with Gasteiger partial charge in [-0.25, -0.2) is 14.4 Å². The Morgan fingerprint density at radius 1 is 1.19 bits per heavy atom. The van der Waals surface area contributed by atoms with E-state index in [9.17, 15) is 4.39 Å². The Morgan fingerprint density at radius 3 is 2.76 bits per heavy atom. The molecule has 3 aromatic rings. The van der Waals surface area contributed by atoms with Crippen molar-refractivity contribution in [2.75, 3.05) is 18.5 Å². The van der Waals surface area contributed by atoms with Gasteiger partial charge in [0.05, 0.1) is 6.33 Å².